The Morgan fingerprint density at radius 2 is 1.95 bits per heavy atom. The van der Waals surface area contributed by atoms with Crippen molar-refractivity contribution in [2.45, 2.75) is 6.92 Å². The molecule has 0 saturated heterocycles. The van der Waals surface area contributed by atoms with Gasteiger partial charge < -0.3 is 5.43 Å². The van der Waals surface area contributed by atoms with Crippen LogP contribution in [0.5, 0.6) is 0 Å². The van der Waals surface area contributed by atoms with Gasteiger partial charge in [0.2, 0.25) is 0 Å². The van der Waals surface area contributed by atoms with Crippen molar-refractivity contribution in [3.63, 3.8) is 0 Å². The number of nitrogens with two attached hydrogens (primary N) is 1. The number of hydrogen-bond acceptors (Lipinski definition) is 5. The molecule has 0 atom stereocenters. The second kappa shape index (κ2) is 4.82. The van der Waals surface area contributed by atoms with Crippen molar-refractivity contribution in [1.29, 1.82) is 0 Å². The molecule has 0 aliphatic heterocycles. The highest BCUT2D eigenvalue weighted by Gasteiger charge is 2.13. The zero-order chi connectivity index (χ0) is 14.1. The summed E-state index contributed by atoms with van der Waals surface area (Å²) in [6.07, 6.45) is 3.42. The van der Waals surface area contributed by atoms with Crippen LogP contribution in [0.3, 0.4) is 0 Å². The molecule has 3 aromatic rings. The lowest BCUT2D eigenvalue weighted by Crippen LogP contribution is -2.13. The van der Waals surface area contributed by atoms with Gasteiger partial charge in [-0.3, -0.25) is 4.98 Å². The number of nitrogens with zero attached hydrogens (tertiary/aromatic N) is 3. The largest absolute Gasteiger partial charge is 0.306 e. The van der Waals surface area contributed by atoms with Gasteiger partial charge >= 0.3 is 0 Å². The lowest BCUT2D eigenvalue weighted by Gasteiger charge is -2.09. The van der Waals surface area contributed by atoms with Crippen molar-refractivity contribution in [3.05, 3.63) is 48.2 Å². The van der Waals surface area contributed by atoms with Gasteiger partial charge in [0.05, 0.1) is 5.69 Å². The van der Waals surface area contributed by atoms with Crippen LogP contribution in [-0.2, 0) is 0 Å². The maximum Gasteiger partial charge on any atom is 0.187 e. The average Bonchev–Trinajstić information content (AvgIpc) is 2.49. The fourth-order valence-electron chi connectivity index (χ4n) is 2.07. The van der Waals surface area contributed by atoms with E-state index in [9.17, 15) is 4.39 Å². The molecule has 5 nitrogen and oxygen atoms in total. The number of benzene rings is 1. The van der Waals surface area contributed by atoms with Gasteiger partial charge in [0.15, 0.2) is 17.5 Å². The smallest absolute Gasteiger partial charge is 0.187 e. The van der Waals surface area contributed by atoms with Crippen LogP contribution in [0.4, 0.5) is 10.2 Å². The summed E-state index contributed by atoms with van der Waals surface area (Å²) in [5.74, 6) is 5.09. The Labute approximate surface area is 114 Å². The fourth-order valence-corrected chi connectivity index (χ4v) is 2.07. The summed E-state index contributed by atoms with van der Waals surface area (Å²) >= 11 is 0. The van der Waals surface area contributed by atoms with Gasteiger partial charge in [-0.15, -0.1) is 0 Å². The van der Waals surface area contributed by atoms with Crippen LogP contribution in [0.1, 0.15) is 5.69 Å². The SMILES string of the molecule is Cc1nc(-c2cncc3ccccc23)nc(NN)c1F. The van der Waals surface area contributed by atoms with E-state index in [1.165, 1.54) is 0 Å². The lowest BCUT2D eigenvalue weighted by atomic mass is 10.1. The summed E-state index contributed by atoms with van der Waals surface area (Å²) in [4.78, 5) is 12.5. The number of aryl methyl sites for hydroxylation is 1. The first-order chi connectivity index (χ1) is 9.70. The Balaban J connectivity index is 2.28. The number of fused-ring (bicyclic) bond motifs is 1. The Bertz CT molecular complexity index is 782. The lowest BCUT2D eigenvalue weighted by molar-refractivity contribution is 0.606. The maximum absolute atomic E-state index is 13.7. The highest BCUT2D eigenvalue weighted by atomic mass is 19.1. The van der Waals surface area contributed by atoms with Gasteiger partial charge in [-0.1, -0.05) is 24.3 Å². The molecule has 0 spiro atoms. The van der Waals surface area contributed by atoms with Crippen molar-refractivity contribution in [1.82, 2.24) is 15.0 Å². The van der Waals surface area contributed by atoms with E-state index < -0.39 is 5.82 Å². The van der Waals surface area contributed by atoms with Crippen LogP contribution in [0.2, 0.25) is 0 Å². The number of hydrogen-bond donors (Lipinski definition) is 2. The molecule has 3 rings (SSSR count). The van der Waals surface area contributed by atoms with E-state index in [4.69, 9.17) is 5.84 Å². The number of halogens is 1. The number of rotatable bonds is 2. The second-order valence-electron chi connectivity index (χ2n) is 4.35. The van der Waals surface area contributed by atoms with Crippen molar-refractivity contribution >= 4 is 16.6 Å². The third-order valence-corrected chi connectivity index (χ3v) is 3.06. The summed E-state index contributed by atoms with van der Waals surface area (Å²) in [6, 6.07) is 7.75. The van der Waals surface area contributed by atoms with Crippen molar-refractivity contribution in [2.24, 2.45) is 5.84 Å². The first-order valence-electron chi connectivity index (χ1n) is 6.04. The molecule has 0 fully saturated rings. The van der Waals surface area contributed by atoms with Crippen LogP contribution >= 0.6 is 0 Å². The third kappa shape index (κ3) is 1.96. The molecule has 0 bridgehead atoms. The molecule has 0 amide bonds. The predicted molar refractivity (Wildman–Crippen MR) is 75.3 cm³/mol. The zero-order valence-electron chi connectivity index (χ0n) is 10.8. The molecular weight excluding hydrogens is 257 g/mol. The average molecular weight is 269 g/mol. The fraction of sp³-hybridized carbons (Fsp3) is 0.0714. The van der Waals surface area contributed by atoms with E-state index >= 15 is 0 Å². The van der Waals surface area contributed by atoms with Crippen LogP contribution in [0.25, 0.3) is 22.2 Å². The van der Waals surface area contributed by atoms with Gasteiger partial charge in [-0.25, -0.2) is 20.2 Å². The van der Waals surface area contributed by atoms with Gasteiger partial charge in [0.1, 0.15) is 0 Å². The molecule has 2 heterocycles. The zero-order valence-corrected chi connectivity index (χ0v) is 10.8. The van der Waals surface area contributed by atoms with E-state index in [0.717, 1.165) is 16.3 Å². The summed E-state index contributed by atoms with van der Waals surface area (Å²) in [7, 11) is 0. The van der Waals surface area contributed by atoms with Crippen LogP contribution < -0.4 is 11.3 Å². The molecule has 0 aliphatic carbocycles. The van der Waals surface area contributed by atoms with Crippen LogP contribution in [-0.4, -0.2) is 15.0 Å². The predicted octanol–water partition coefficient (Wildman–Crippen LogP) is 2.42. The highest BCUT2D eigenvalue weighted by Crippen LogP contribution is 2.26. The van der Waals surface area contributed by atoms with E-state index in [2.05, 4.69) is 20.4 Å². The van der Waals surface area contributed by atoms with E-state index in [1.807, 2.05) is 24.3 Å². The molecule has 0 unspecified atom stereocenters. The molecular formula is C14H12FN5. The molecule has 6 heteroatoms. The molecule has 0 saturated carbocycles. The number of aromatic nitrogens is 3. The first kappa shape index (κ1) is 12.4. The molecule has 3 N–H and O–H groups in total. The molecule has 1 aromatic carbocycles. The van der Waals surface area contributed by atoms with E-state index in [1.54, 1.807) is 19.3 Å². The van der Waals surface area contributed by atoms with Gasteiger partial charge in [0, 0.05) is 23.3 Å². The Morgan fingerprint density at radius 3 is 2.75 bits per heavy atom. The van der Waals surface area contributed by atoms with Crippen LogP contribution in [0, 0.1) is 12.7 Å². The molecule has 0 aliphatic rings. The number of anilines is 1. The van der Waals surface area contributed by atoms with E-state index in [0.29, 0.717) is 5.82 Å². The monoisotopic (exact) mass is 269 g/mol. The number of hydrazine groups is 1. The number of nitrogens with one attached hydrogen (secondary N) is 1. The minimum Gasteiger partial charge on any atom is -0.306 e. The van der Waals surface area contributed by atoms with E-state index in [-0.39, 0.29) is 11.5 Å². The Morgan fingerprint density at radius 1 is 1.15 bits per heavy atom. The minimum absolute atomic E-state index is 0.0274. The molecule has 100 valence electrons. The standard InChI is InChI=1S/C14H12FN5/c1-8-12(15)14(20-16)19-13(18-8)11-7-17-6-9-4-2-3-5-10(9)11/h2-7H,16H2,1H3,(H,18,19,20). The second-order valence-corrected chi connectivity index (χ2v) is 4.35. The normalized spacial score (nSPS) is 10.8. The third-order valence-electron chi connectivity index (χ3n) is 3.06. The molecule has 2 aromatic heterocycles. The van der Waals surface area contributed by atoms with Gasteiger partial charge in [0.25, 0.3) is 0 Å². The Kier molecular flexibility index (Phi) is 3.00. The summed E-state index contributed by atoms with van der Waals surface area (Å²) < 4.78 is 13.7. The molecule has 0 radical (unpaired) electrons. The van der Waals surface area contributed by atoms with Crippen molar-refractivity contribution in [3.8, 4) is 11.4 Å². The number of nitrogen functional groups attached to an aromatic ring is 1. The maximum atomic E-state index is 13.7. The summed E-state index contributed by atoms with van der Waals surface area (Å²) in [6.45, 7) is 1.57. The quantitative estimate of drug-likeness (QED) is 0.552. The first-order valence-corrected chi connectivity index (χ1v) is 6.04. The summed E-state index contributed by atoms with van der Waals surface area (Å²) in [5.41, 5.74) is 3.22. The molecule has 20 heavy (non-hydrogen) atoms. The Hall–Kier alpha value is -2.60. The van der Waals surface area contributed by atoms with Gasteiger partial charge in [-0.2, -0.15) is 0 Å². The topological polar surface area (TPSA) is 76.7 Å². The van der Waals surface area contributed by atoms with Crippen molar-refractivity contribution in [2.75, 3.05) is 5.43 Å². The summed E-state index contributed by atoms with van der Waals surface area (Å²) in [5, 5.41) is 1.93. The highest BCUT2D eigenvalue weighted by molar-refractivity contribution is 5.94. The van der Waals surface area contributed by atoms with Gasteiger partial charge in [-0.05, 0) is 12.3 Å². The van der Waals surface area contributed by atoms with Crippen molar-refractivity contribution < 1.29 is 4.39 Å². The minimum atomic E-state index is -0.551. The van der Waals surface area contributed by atoms with Crippen LogP contribution in [0.15, 0.2) is 36.7 Å². The number of pyridine rings is 1.